The Morgan fingerprint density at radius 3 is 2.70 bits per heavy atom. The van der Waals surface area contributed by atoms with Crippen LogP contribution in [0.25, 0.3) is 56.0 Å². The lowest BCUT2D eigenvalue weighted by atomic mass is 10.0. The van der Waals surface area contributed by atoms with E-state index in [-0.39, 0.29) is 6.54 Å². The highest BCUT2D eigenvalue weighted by molar-refractivity contribution is 7.88. The van der Waals surface area contributed by atoms with Gasteiger partial charge in [0.25, 0.3) is 0 Å². The zero-order valence-electron chi connectivity index (χ0n) is 19.4. The molecule has 5 heterocycles. The molecular formula is C25H19FN8O2S. The van der Waals surface area contributed by atoms with Crippen LogP contribution in [-0.2, 0) is 16.6 Å². The Hall–Kier alpha value is -4.55. The van der Waals surface area contributed by atoms with Gasteiger partial charge in [0, 0.05) is 30.5 Å². The number of sulfonamides is 1. The van der Waals surface area contributed by atoms with Crippen LogP contribution in [0.2, 0.25) is 0 Å². The molecule has 0 aliphatic carbocycles. The fourth-order valence-electron chi connectivity index (χ4n) is 4.19. The highest BCUT2D eigenvalue weighted by Crippen LogP contribution is 2.34. The van der Waals surface area contributed by atoms with Crippen molar-refractivity contribution in [1.82, 2.24) is 39.8 Å². The number of fused-ring (bicyclic) bond motifs is 2. The number of aromatic amines is 2. The van der Waals surface area contributed by atoms with Gasteiger partial charge in [0.15, 0.2) is 0 Å². The predicted octanol–water partition coefficient (Wildman–Crippen LogP) is 3.81. The number of halogens is 1. The molecule has 184 valence electrons. The fraction of sp³-hybridized carbons (Fsp3) is 0.0800. The molecule has 0 saturated carbocycles. The van der Waals surface area contributed by atoms with Crippen molar-refractivity contribution < 1.29 is 12.8 Å². The van der Waals surface area contributed by atoms with Crippen LogP contribution < -0.4 is 4.72 Å². The normalized spacial score (nSPS) is 11.9. The molecule has 0 spiro atoms. The van der Waals surface area contributed by atoms with Crippen LogP contribution in [0.15, 0.2) is 67.3 Å². The number of hydrogen-bond acceptors (Lipinski definition) is 7. The van der Waals surface area contributed by atoms with Gasteiger partial charge < -0.3 is 4.98 Å². The molecule has 1 aromatic carbocycles. The third-order valence-electron chi connectivity index (χ3n) is 5.83. The average Bonchev–Trinajstić information content (AvgIpc) is 3.51. The molecule has 12 heteroatoms. The van der Waals surface area contributed by atoms with E-state index in [0.29, 0.717) is 45.1 Å². The van der Waals surface area contributed by atoms with Crippen molar-refractivity contribution in [2.24, 2.45) is 0 Å². The van der Waals surface area contributed by atoms with Crippen molar-refractivity contribution in [2.45, 2.75) is 6.54 Å². The van der Waals surface area contributed by atoms with Gasteiger partial charge in [-0.3, -0.25) is 15.1 Å². The Labute approximate surface area is 210 Å². The smallest absolute Gasteiger partial charge is 0.209 e. The summed E-state index contributed by atoms with van der Waals surface area (Å²) in [6.45, 7) is -0.0186. The van der Waals surface area contributed by atoms with Gasteiger partial charge in [-0.25, -0.2) is 27.5 Å². The van der Waals surface area contributed by atoms with Crippen LogP contribution in [0.5, 0.6) is 0 Å². The highest BCUT2D eigenvalue weighted by atomic mass is 32.2. The van der Waals surface area contributed by atoms with Gasteiger partial charge in [-0.05, 0) is 59.2 Å². The lowest BCUT2D eigenvalue weighted by Crippen LogP contribution is -2.21. The Balaban J connectivity index is 1.44. The largest absolute Gasteiger partial charge is 0.338 e. The molecule has 6 rings (SSSR count). The molecule has 5 aromatic heterocycles. The first-order valence-electron chi connectivity index (χ1n) is 11.2. The standard InChI is InChI=1S/C25H19FN8O2S/c1-37(35,36)30-12-14-8-15(10-16(26)9-14)17-4-5-29-25-18(17)11-21(32-25)24-23-20(33-34-24)3-2-19(31-23)22-13-27-6-7-28-22/h2-11,13,30H,12H2,1H3,(H,29,32)(H,33,34). The zero-order chi connectivity index (χ0) is 25.6. The maximum absolute atomic E-state index is 14.5. The van der Waals surface area contributed by atoms with E-state index in [9.17, 15) is 12.8 Å². The number of rotatable bonds is 6. The second-order valence-electron chi connectivity index (χ2n) is 8.50. The Morgan fingerprint density at radius 2 is 1.89 bits per heavy atom. The van der Waals surface area contributed by atoms with E-state index in [0.717, 1.165) is 22.7 Å². The lowest BCUT2D eigenvalue weighted by Gasteiger charge is -2.08. The van der Waals surface area contributed by atoms with Crippen LogP contribution in [0, 0.1) is 5.82 Å². The van der Waals surface area contributed by atoms with E-state index in [1.165, 1.54) is 12.1 Å². The molecule has 0 unspecified atom stereocenters. The van der Waals surface area contributed by atoms with E-state index in [4.69, 9.17) is 4.98 Å². The van der Waals surface area contributed by atoms with Crippen molar-refractivity contribution in [3.8, 4) is 33.9 Å². The fourth-order valence-corrected chi connectivity index (χ4v) is 4.62. The van der Waals surface area contributed by atoms with E-state index >= 15 is 0 Å². The first-order chi connectivity index (χ1) is 17.8. The van der Waals surface area contributed by atoms with Gasteiger partial charge in [0.05, 0.1) is 29.4 Å². The molecule has 0 radical (unpaired) electrons. The van der Waals surface area contributed by atoms with Gasteiger partial charge in [0.1, 0.15) is 28.4 Å². The van der Waals surface area contributed by atoms with E-state index in [1.54, 1.807) is 36.9 Å². The Kier molecular flexibility index (Phi) is 5.46. The second kappa shape index (κ2) is 8.84. The van der Waals surface area contributed by atoms with Crippen molar-refractivity contribution in [2.75, 3.05) is 6.26 Å². The van der Waals surface area contributed by atoms with E-state index in [1.807, 2.05) is 18.2 Å². The number of aromatic nitrogens is 7. The first kappa shape index (κ1) is 22.9. The summed E-state index contributed by atoms with van der Waals surface area (Å²) in [5.41, 5.74) is 6.41. The minimum atomic E-state index is -3.42. The molecule has 0 fully saturated rings. The summed E-state index contributed by atoms with van der Waals surface area (Å²) >= 11 is 0. The molecule has 0 aliphatic heterocycles. The quantitative estimate of drug-likeness (QED) is 0.307. The SMILES string of the molecule is CS(=O)(=O)NCc1cc(F)cc(-c2ccnc3[nH]c(-c4n[nH]c5ccc(-c6cnccn6)nc45)cc23)c1. The summed E-state index contributed by atoms with van der Waals surface area (Å²) in [4.78, 5) is 20.9. The van der Waals surface area contributed by atoms with Gasteiger partial charge in [0.2, 0.25) is 10.0 Å². The monoisotopic (exact) mass is 514 g/mol. The Bertz CT molecular complexity index is 1880. The maximum Gasteiger partial charge on any atom is 0.209 e. The van der Waals surface area contributed by atoms with Gasteiger partial charge in [-0.1, -0.05) is 0 Å². The Morgan fingerprint density at radius 1 is 1.00 bits per heavy atom. The number of hydrogen-bond donors (Lipinski definition) is 3. The molecule has 0 atom stereocenters. The van der Waals surface area contributed by atoms with Gasteiger partial charge >= 0.3 is 0 Å². The number of nitrogens with one attached hydrogen (secondary N) is 3. The number of benzene rings is 1. The molecule has 0 aliphatic rings. The second-order valence-corrected chi connectivity index (χ2v) is 10.3. The summed E-state index contributed by atoms with van der Waals surface area (Å²) in [5.74, 6) is -0.470. The third kappa shape index (κ3) is 4.55. The molecule has 10 nitrogen and oxygen atoms in total. The highest BCUT2D eigenvalue weighted by Gasteiger charge is 2.17. The van der Waals surface area contributed by atoms with Crippen LogP contribution in [0.1, 0.15) is 5.56 Å². The van der Waals surface area contributed by atoms with Crippen LogP contribution >= 0.6 is 0 Å². The maximum atomic E-state index is 14.5. The van der Waals surface area contributed by atoms with Crippen molar-refractivity contribution >= 4 is 32.1 Å². The van der Waals surface area contributed by atoms with Crippen LogP contribution in [0.3, 0.4) is 0 Å². The molecule has 37 heavy (non-hydrogen) atoms. The number of nitrogens with zero attached hydrogens (tertiary/aromatic N) is 5. The van der Waals surface area contributed by atoms with E-state index in [2.05, 4.69) is 34.9 Å². The predicted molar refractivity (Wildman–Crippen MR) is 137 cm³/mol. The molecular weight excluding hydrogens is 495 g/mol. The first-order valence-corrected chi connectivity index (χ1v) is 13.1. The zero-order valence-corrected chi connectivity index (χ0v) is 20.2. The van der Waals surface area contributed by atoms with Crippen molar-refractivity contribution in [3.05, 3.63) is 78.6 Å². The summed E-state index contributed by atoms with van der Waals surface area (Å²) in [5, 5.41) is 8.22. The van der Waals surface area contributed by atoms with Crippen LogP contribution in [0.4, 0.5) is 4.39 Å². The topological polar surface area (TPSA) is 142 Å². The van der Waals surface area contributed by atoms with Crippen LogP contribution in [-0.4, -0.2) is 49.8 Å². The summed E-state index contributed by atoms with van der Waals surface area (Å²) < 4.78 is 39.9. The molecule has 0 bridgehead atoms. The summed E-state index contributed by atoms with van der Waals surface area (Å²) in [6.07, 6.45) is 7.54. The van der Waals surface area contributed by atoms with E-state index < -0.39 is 15.8 Å². The van der Waals surface area contributed by atoms with Gasteiger partial charge in [-0.2, -0.15) is 5.10 Å². The van der Waals surface area contributed by atoms with Crippen molar-refractivity contribution in [3.63, 3.8) is 0 Å². The van der Waals surface area contributed by atoms with Gasteiger partial charge in [-0.15, -0.1) is 0 Å². The molecule has 6 aromatic rings. The summed E-state index contributed by atoms with van der Waals surface area (Å²) in [6, 6.07) is 11.9. The molecule has 0 saturated heterocycles. The van der Waals surface area contributed by atoms with Crippen molar-refractivity contribution in [1.29, 1.82) is 0 Å². The number of pyridine rings is 2. The molecule has 3 N–H and O–H groups in total. The minimum absolute atomic E-state index is 0.0186. The average molecular weight is 515 g/mol. The number of H-pyrrole nitrogens is 2. The summed E-state index contributed by atoms with van der Waals surface area (Å²) in [7, 11) is -3.42. The molecule has 0 amide bonds. The lowest BCUT2D eigenvalue weighted by molar-refractivity contribution is 0.586. The minimum Gasteiger partial charge on any atom is -0.338 e. The third-order valence-corrected chi connectivity index (χ3v) is 6.50.